The Hall–Kier alpha value is -7.14. The molecule has 3 saturated heterocycles. The Kier molecular flexibility index (Phi) is 27.2. The number of rotatable bonds is 17. The van der Waals surface area contributed by atoms with E-state index in [0.29, 0.717) is 38.1 Å². The van der Waals surface area contributed by atoms with Crippen LogP contribution in [0, 0.1) is 35.5 Å². The fraction of sp³-hybridized carbons (Fsp3) is 0.610. The zero-order valence-corrected chi connectivity index (χ0v) is 64.5. The molecule has 3 saturated carbocycles. The zero-order valence-electron chi connectivity index (χ0n) is 62.0. The van der Waals surface area contributed by atoms with E-state index in [4.69, 9.17) is 9.47 Å². The van der Waals surface area contributed by atoms with Crippen molar-refractivity contribution < 1.29 is 43.3 Å². The molecule has 104 heavy (non-hydrogen) atoms. The standard InChI is InChI=1S/C29H38N4O3S.C28H36N4O3S.C25H36N2O3S/c1-20-8-10-22(11-9-20)28(34)33(23-12-14-32(15-13-23)24-17-30-19-31-18-24)25-16-26(21-6-4-3-5-7-21)37-27(25)29(35)36-2;1-19-7-9-21(10-8-19)27(33)32(22-11-13-31(14-12-22)23-16-29-18-30-17-23)24-15-25(36-26(24)28(34)35)20-5-3-2-4-6-20;1-17-8-10-19(11-9-17)24(28)27(20-12-14-26-15-13-20)21-16-22(18-6-4-3-5-7-18)31-23(21)25(29)30-2/h6,16-20,22-23H,3-5,7-15H2,1-2H3;5,15-19,21-22H,2-4,6-14H2,1H3,(H,34,35);6,16-17,19-20,26H,3-5,7-15H2,1-2H3. The first kappa shape index (κ1) is 76.5. The average Bonchev–Trinajstić information content (AvgIpc) is 1.69. The molecule has 3 amide bonds. The number of ether oxygens (including phenoxy) is 2. The molecule has 3 aliphatic heterocycles. The molecule has 6 aliphatic carbocycles. The third-order valence-electron chi connectivity index (χ3n) is 23.6. The maximum absolute atomic E-state index is 14.2. The first-order valence-corrected chi connectivity index (χ1v) is 41.7. The number of carbonyl (C=O) groups is 6. The quantitative estimate of drug-likeness (QED) is 0.0827. The molecule has 5 aromatic heterocycles. The van der Waals surface area contributed by atoms with Crippen molar-refractivity contribution in [2.75, 3.05) is 78.0 Å². The van der Waals surface area contributed by atoms with Crippen LogP contribution >= 0.6 is 34.0 Å². The molecular formula is C82H110N10O9S3. The van der Waals surface area contributed by atoms with Gasteiger partial charge >= 0.3 is 17.9 Å². The van der Waals surface area contributed by atoms with Crippen LogP contribution in [0.5, 0.6) is 0 Å². The highest BCUT2D eigenvalue weighted by Crippen LogP contribution is 2.46. The zero-order chi connectivity index (χ0) is 72.6. The Labute approximate surface area is 627 Å². The van der Waals surface area contributed by atoms with Gasteiger partial charge in [0, 0.05) is 76.7 Å². The maximum atomic E-state index is 14.2. The van der Waals surface area contributed by atoms with E-state index in [9.17, 15) is 33.9 Å². The molecule has 8 heterocycles. The van der Waals surface area contributed by atoms with Gasteiger partial charge in [0.25, 0.3) is 0 Å². The average molecular weight is 1480 g/mol. The SMILES string of the molecule is CC1CCC(C(=O)N(c2cc(C3=CCCCC3)sc2C(=O)O)C2CCN(c3cncnc3)CC2)CC1.COC(=O)c1sc(C2=CCCCC2)cc1N(C(=O)C1CCC(C)CC1)C1CCN(c2cncnc2)CC1.COC(=O)c1sc(C2=CCCCC2)cc1N(C(=O)C1CCC(C)CC1)C1CCNCC1. The van der Waals surface area contributed by atoms with Gasteiger partial charge in [-0.25, -0.2) is 34.3 Å². The molecule has 22 heteroatoms. The minimum absolute atomic E-state index is 0.0134. The van der Waals surface area contributed by atoms with Crippen LogP contribution in [0.1, 0.15) is 257 Å². The minimum Gasteiger partial charge on any atom is -0.477 e. The summed E-state index contributed by atoms with van der Waals surface area (Å²) >= 11 is 4.33. The summed E-state index contributed by atoms with van der Waals surface area (Å²) in [6.07, 6.45) is 47.7. The highest BCUT2D eigenvalue weighted by Gasteiger charge is 2.42. The Balaban J connectivity index is 0.000000147. The van der Waals surface area contributed by atoms with E-state index >= 15 is 0 Å². The molecule has 2 N–H and O–H groups in total. The summed E-state index contributed by atoms with van der Waals surface area (Å²) in [5, 5.41) is 13.6. The second-order valence-corrected chi connectivity index (χ2v) is 34.0. The van der Waals surface area contributed by atoms with Crippen LogP contribution in [0.25, 0.3) is 16.7 Å². The first-order valence-electron chi connectivity index (χ1n) is 39.2. The molecule has 19 nitrogen and oxygen atoms in total. The smallest absolute Gasteiger partial charge is 0.350 e. The summed E-state index contributed by atoms with van der Waals surface area (Å²) in [6, 6.07) is 6.39. The number of aromatic carboxylic acids is 1. The number of hydrogen-bond acceptors (Lipinski definition) is 18. The highest BCUT2D eigenvalue weighted by molar-refractivity contribution is 7.16. The molecule has 14 rings (SSSR count). The number of piperidine rings is 3. The van der Waals surface area contributed by atoms with Gasteiger partial charge in [0.15, 0.2) is 0 Å². The largest absolute Gasteiger partial charge is 0.477 e. The summed E-state index contributed by atoms with van der Waals surface area (Å²) in [5.41, 5.74) is 8.00. The van der Waals surface area contributed by atoms with Crippen LogP contribution in [0.4, 0.5) is 28.4 Å². The maximum Gasteiger partial charge on any atom is 0.350 e. The van der Waals surface area contributed by atoms with Crippen molar-refractivity contribution in [2.24, 2.45) is 35.5 Å². The fourth-order valence-corrected chi connectivity index (χ4v) is 20.6. The van der Waals surface area contributed by atoms with Crippen molar-refractivity contribution in [3.05, 3.63) is 103 Å². The number of methoxy groups -OCH3 is 2. The van der Waals surface area contributed by atoms with Gasteiger partial charge in [0.2, 0.25) is 17.7 Å². The summed E-state index contributed by atoms with van der Waals surface area (Å²) in [7, 11) is 2.87. The Morgan fingerprint density at radius 3 is 1.04 bits per heavy atom. The van der Waals surface area contributed by atoms with Gasteiger partial charge in [-0.15, -0.1) is 34.0 Å². The van der Waals surface area contributed by atoms with Gasteiger partial charge in [-0.1, -0.05) is 39.0 Å². The Bertz CT molecular complexity index is 3800. The second kappa shape index (κ2) is 36.9. The monoisotopic (exact) mass is 1470 g/mol. The summed E-state index contributed by atoms with van der Waals surface area (Å²) < 4.78 is 10.4. The number of esters is 2. The number of carboxylic acids is 1. The second-order valence-electron chi connectivity index (χ2n) is 30.8. The number of nitrogens with zero attached hydrogens (tertiary/aromatic N) is 9. The molecule has 0 spiro atoms. The molecule has 5 aromatic rings. The van der Waals surface area contributed by atoms with Crippen LogP contribution < -0.4 is 29.8 Å². The summed E-state index contributed by atoms with van der Waals surface area (Å²) in [4.78, 5) is 112. The topological polar surface area (TPSA) is 221 Å². The lowest BCUT2D eigenvalue weighted by Gasteiger charge is -2.41. The molecule has 6 fully saturated rings. The van der Waals surface area contributed by atoms with Crippen molar-refractivity contribution in [2.45, 2.75) is 232 Å². The fourth-order valence-electron chi connectivity index (χ4n) is 17.3. The van der Waals surface area contributed by atoms with Crippen LogP contribution in [-0.2, 0) is 23.9 Å². The number of amides is 3. The lowest BCUT2D eigenvalue weighted by Crippen LogP contribution is -2.50. The molecule has 0 bridgehead atoms. The van der Waals surface area contributed by atoms with E-state index in [1.165, 1.54) is 97.0 Å². The summed E-state index contributed by atoms with van der Waals surface area (Å²) in [6.45, 7) is 11.8. The normalized spacial score (nSPS) is 23.6. The lowest BCUT2D eigenvalue weighted by atomic mass is 9.82. The van der Waals surface area contributed by atoms with Gasteiger partial charge in [-0.2, -0.15) is 0 Å². The van der Waals surface area contributed by atoms with Crippen molar-refractivity contribution in [3.63, 3.8) is 0 Å². The Morgan fingerprint density at radius 2 is 0.740 bits per heavy atom. The third-order valence-corrected chi connectivity index (χ3v) is 27.2. The van der Waals surface area contributed by atoms with E-state index in [0.717, 1.165) is 244 Å². The van der Waals surface area contributed by atoms with Gasteiger partial charge in [-0.3, -0.25) is 14.4 Å². The predicted octanol–water partition coefficient (Wildman–Crippen LogP) is 17.5. The molecule has 0 unspecified atom stereocenters. The molecule has 9 aliphatic rings. The van der Waals surface area contributed by atoms with Crippen molar-refractivity contribution in [1.29, 1.82) is 0 Å². The number of allylic oxidation sites excluding steroid dienone is 6. The minimum atomic E-state index is -0.938. The van der Waals surface area contributed by atoms with Crippen molar-refractivity contribution >= 4 is 115 Å². The van der Waals surface area contributed by atoms with Gasteiger partial charge < -0.3 is 44.4 Å². The van der Waals surface area contributed by atoms with Crippen LogP contribution in [0.15, 0.2) is 73.9 Å². The molecule has 0 atom stereocenters. The van der Waals surface area contributed by atoms with E-state index in [1.54, 1.807) is 6.33 Å². The number of carbonyl (C=O) groups excluding carboxylic acids is 5. The summed E-state index contributed by atoms with van der Waals surface area (Å²) in [5.74, 6) is 0.973. The van der Waals surface area contributed by atoms with Crippen molar-refractivity contribution in [3.8, 4) is 0 Å². The number of carboxylic acid groups (broad SMARTS) is 1. The molecule has 0 aromatic carbocycles. The first-order chi connectivity index (χ1) is 50.6. The van der Waals surface area contributed by atoms with Gasteiger partial charge in [-0.05, 0) is 258 Å². The molecule has 560 valence electrons. The number of hydrogen-bond donors (Lipinski definition) is 2. The number of aromatic nitrogens is 4. The van der Waals surface area contributed by atoms with Gasteiger partial charge in [0.05, 0.1) is 67.4 Å². The molecular weight excluding hydrogens is 1370 g/mol. The van der Waals surface area contributed by atoms with Gasteiger partial charge in [0.1, 0.15) is 27.3 Å². The van der Waals surface area contributed by atoms with E-state index in [2.05, 4.69) is 86.2 Å². The van der Waals surface area contributed by atoms with E-state index < -0.39 is 5.97 Å². The number of thiophene rings is 3. The lowest BCUT2D eigenvalue weighted by molar-refractivity contribution is -0.125. The van der Waals surface area contributed by atoms with E-state index in [1.807, 2.05) is 45.6 Å². The Morgan fingerprint density at radius 1 is 0.433 bits per heavy atom. The van der Waals surface area contributed by atoms with E-state index in [-0.39, 0.29) is 65.5 Å². The third kappa shape index (κ3) is 18.8. The predicted molar refractivity (Wildman–Crippen MR) is 418 cm³/mol. The molecule has 0 radical (unpaired) electrons. The number of nitrogens with one attached hydrogen (secondary N) is 1. The highest BCUT2D eigenvalue weighted by atomic mass is 32.1. The van der Waals surface area contributed by atoms with Crippen LogP contribution in [0.3, 0.4) is 0 Å². The van der Waals surface area contributed by atoms with Crippen molar-refractivity contribution in [1.82, 2.24) is 25.3 Å². The van der Waals surface area contributed by atoms with Crippen LogP contribution in [0.2, 0.25) is 0 Å². The number of anilines is 5. The van der Waals surface area contributed by atoms with Crippen LogP contribution in [-0.4, -0.2) is 132 Å².